The lowest BCUT2D eigenvalue weighted by atomic mass is 10.1. The van der Waals surface area contributed by atoms with Crippen LogP contribution in [-0.2, 0) is 6.42 Å². The fourth-order valence-corrected chi connectivity index (χ4v) is 1.02. The first-order valence-electron chi connectivity index (χ1n) is 4.22. The summed E-state index contributed by atoms with van der Waals surface area (Å²) in [7, 11) is 1.84. The molecule has 0 radical (unpaired) electrons. The molecule has 66 valence electrons. The molecule has 1 aromatic heterocycles. The van der Waals surface area contributed by atoms with Crippen molar-refractivity contribution in [1.82, 2.24) is 10.2 Å². The summed E-state index contributed by atoms with van der Waals surface area (Å²) in [6.07, 6.45) is 0.997. The van der Waals surface area contributed by atoms with E-state index in [0.29, 0.717) is 5.92 Å². The van der Waals surface area contributed by atoms with E-state index < -0.39 is 0 Å². The predicted octanol–water partition coefficient (Wildman–Crippen LogP) is 1.72. The van der Waals surface area contributed by atoms with E-state index in [0.717, 1.165) is 17.9 Å². The van der Waals surface area contributed by atoms with Gasteiger partial charge in [-0.15, -0.1) is 5.10 Å². The first kappa shape index (κ1) is 8.97. The van der Waals surface area contributed by atoms with E-state index in [2.05, 4.69) is 29.4 Å². The monoisotopic (exact) mass is 165 g/mol. The van der Waals surface area contributed by atoms with E-state index in [-0.39, 0.29) is 0 Å². The Kier molecular flexibility index (Phi) is 3.02. The number of hydrogen-bond donors (Lipinski definition) is 1. The van der Waals surface area contributed by atoms with E-state index in [4.69, 9.17) is 0 Å². The first-order valence-corrected chi connectivity index (χ1v) is 4.22. The lowest BCUT2D eigenvalue weighted by molar-refractivity contribution is 0.628. The van der Waals surface area contributed by atoms with E-state index >= 15 is 0 Å². The Morgan fingerprint density at radius 3 is 2.50 bits per heavy atom. The molecule has 0 saturated heterocycles. The molecule has 0 bridgehead atoms. The smallest absolute Gasteiger partial charge is 0.148 e. The Hall–Kier alpha value is -1.12. The van der Waals surface area contributed by atoms with Crippen molar-refractivity contribution in [2.45, 2.75) is 20.3 Å². The molecule has 0 atom stereocenters. The van der Waals surface area contributed by atoms with Crippen LogP contribution in [0.15, 0.2) is 12.1 Å². The minimum absolute atomic E-state index is 0.639. The molecule has 0 spiro atoms. The Bertz CT molecular complexity index is 228. The second-order valence-electron chi connectivity index (χ2n) is 3.26. The molecule has 0 aliphatic heterocycles. The highest BCUT2D eigenvalue weighted by Gasteiger charge is 1.99. The zero-order valence-corrected chi connectivity index (χ0v) is 7.83. The number of rotatable bonds is 3. The average Bonchev–Trinajstić information content (AvgIpc) is 2.05. The van der Waals surface area contributed by atoms with Gasteiger partial charge in [-0.2, -0.15) is 5.10 Å². The number of anilines is 1. The maximum absolute atomic E-state index is 4.08. The number of nitrogens with one attached hydrogen (secondary N) is 1. The van der Waals surface area contributed by atoms with Gasteiger partial charge in [0.05, 0.1) is 5.69 Å². The molecule has 1 rings (SSSR count). The molecule has 0 aromatic carbocycles. The number of hydrogen-bond acceptors (Lipinski definition) is 3. The topological polar surface area (TPSA) is 37.8 Å². The standard InChI is InChI=1S/C9H15N3/c1-7(2)6-8-4-5-9(10-3)12-11-8/h4-5,7H,6H2,1-3H3,(H,10,12). The van der Waals surface area contributed by atoms with Crippen LogP contribution >= 0.6 is 0 Å². The third-order valence-electron chi connectivity index (χ3n) is 1.59. The highest BCUT2D eigenvalue weighted by Crippen LogP contribution is 2.05. The van der Waals surface area contributed by atoms with Crippen molar-refractivity contribution in [3.05, 3.63) is 17.8 Å². The molecule has 3 heteroatoms. The largest absolute Gasteiger partial charge is 0.372 e. The molecule has 0 aliphatic carbocycles. The maximum atomic E-state index is 4.08. The molecule has 0 amide bonds. The van der Waals surface area contributed by atoms with Gasteiger partial charge in [0.2, 0.25) is 0 Å². The van der Waals surface area contributed by atoms with Gasteiger partial charge in [0.15, 0.2) is 0 Å². The lowest BCUT2D eigenvalue weighted by Crippen LogP contribution is -2.00. The Morgan fingerprint density at radius 1 is 1.33 bits per heavy atom. The van der Waals surface area contributed by atoms with Gasteiger partial charge in [-0.1, -0.05) is 13.8 Å². The second kappa shape index (κ2) is 4.04. The van der Waals surface area contributed by atoms with Crippen molar-refractivity contribution in [2.75, 3.05) is 12.4 Å². The summed E-state index contributed by atoms with van der Waals surface area (Å²) >= 11 is 0. The van der Waals surface area contributed by atoms with Crippen molar-refractivity contribution < 1.29 is 0 Å². The van der Waals surface area contributed by atoms with Crippen LogP contribution in [0.5, 0.6) is 0 Å². The number of aromatic nitrogens is 2. The Labute approximate surface area is 73.2 Å². The Morgan fingerprint density at radius 2 is 2.08 bits per heavy atom. The van der Waals surface area contributed by atoms with Crippen LogP contribution in [0.3, 0.4) is 0 Å². The van der Waals surface area contributed by atoms with Gasteiger partial charge in [0.25, 0.3) is 0 Å². The second-order valence-corrected chi connectivity index (χ2v) is 3.26. The van der Waals surface area contributed by atoms with Gasteiger partial charge in [0, 0.05) is 7.05 Å². The van der Waals surface area contributed by atoms with Crippen molar-refractivity contribution in [1.29, 1.82) is 0 Å². The van der Waals surface area contributed by atoms with Crippen LogP contribution in [0.2, 0.25) is 0 Å². The normalized spacial score (nSPS) is 10.3. The minimum Gasteiger partial charge on any atom is -0.372 e. The van der Waals surface area contributed by atoms with E-state index in [9.17, 15) is 0 Å². The molecule has 12 heavy (non-hydrogen) atoms. The minimum atomic E-state index is 0.639. The van der Waals surface area contributed by atoms with E-state index in [1.165, 1.54) is 0 Å². The van der Waals surface area contributed by atoms with Crippen molar-refractivity contribution in [3.8, 4) is 0 Å². The van der Waals surface area contributed by atoms with Crippen LogP contribution in [0.25, 0.3) is 0 Å². The van der Waals surface area contributed by atoms with Crippen LogP contribution in [0, 0.1) is 5.92 Å². The third-order valence-corrected chi connectivity index (χ3v) is 1.59. The molecule has 3 nitrogen and oxygen atoms in total. The third kappa shape index (κ3) is 2.49. The molecule has 0 fully saturated rings. The zero-order chi connectivity index (χ0) is 8.97. The van der Waals surface area contributed by atoms with Crippen molar-refractivity contribution in [3.63, 3.8) is 0 Å². The van der Waals surface area contributed by atoms with Gasteiger partial charge in [-0.3, -0.25) is 0 Å². The van der Waals surface area contributed by atoms with E-state index in [1.807, 2.05) is 19.2 Å². The average molecular weight is 165 g/mol. The molecular formula is C9H15N3. The summed E-state index contributed by atoms with van der Waals surface area (Å²) in [6.45, 7) is 4.35. The van der Waals surface area contributed by atoms with Gasteiger partial charge in [-0.25, -0.2) is 0 Å². The van der Waals surface area contributed by atoms with Crippen LogP contribution in [0.1, 0.15) is 19.5 Å². The number of nitrogens with zero attached hydrogens (tertiary/aromatic N) is 2. The fourth-order valence-electron chi connectivity index (χ4n) is 1.02. The zero-order valence-electron chi connectivity index (χ0n) is 7.83. The highest BCUT2D eigenvalue weighted by atomic mass is 15.2. The summed E-state index contributed by atoms with van der Waals surface area (Å²) in [5, 5.41) is 11.0. The van der Waals surface area contributed by atoms with Crippen LogP contribution < -0.4 is 5.32 Å². The molecule has 0 aliphatic rings. The lowest BCUT2D eigenvalue weighted by Gasteiger charge is -2.03. The van der Waals surface area contributed by atoms with Crippen LogP contribution in [-0.4, -0.2) is 17.2 Å². The summed E-state index contributed by atoms with van der Waals surface area (Å²) < 4.78 is 0. The summed E-state index contributed by atoms with van der Waals surface area (Å²) in [5.74, 6) is 1.46. The van der Waals surface area contributed by atoms with Crippen molar-refractivity contribution >= 4 is 5.82 Å². The first-order chi connectivity index (χ1) is 5.72. The molecule has 0 saturated carbocycles. The fraction of sp³-hybridized carbons (Fsp3) is 0.556. The summed E-state index contributed by atoms with van der Waals surface area (Å²) in [5.41, 5.74) is 1.06. The quantitative estimate of drug-likeness (QED) is 0.741. The molecule has 1 N–H and O–H groups in total. The SMILES string of the molecule is CNc1ccc(CC(C)C)nn1. The summed E-state index contributed by atoms with van der Waals surface area (Å²) in [4.78, 5) is 0. The van der Waals surface area contributed by atoms with Gasteiger partial charge < -0.3 is 5.32 Å². The maximum Gasteiger partial charge on any atom is 0.148 e. The molecule has 1 aromatic rings. The van der Waals surface area contributed by atoms with Crippen molar-refractivity contribution in [2.24, 2.45) is 5.92 Å². The predicted molar refractivity (Wildman–Crippen MR) is 50.1 cm³/mol. The van der Waals surface area contributed by atoms with Gasteiger partial charge in [0.1, 0.15) is 5.82 Å². The molecule has 0 unspecified atom stereocenters. The van der Waals surface area contributed by atoms with Crippen LogP contribution in [0.4, 0.5) is 5.82 Å². The Balaban J connectivity index is 2.65. The van der Waals surface area contributed by atoms with Gasteiger partial charge >= 0.3 is 0 Å². The summed E-state index contributed by atoms with van der Waals surface area (Å²) in [6, 6.07) is 3.96. The van der Waals surface area contributed by atoms with E-state index in [1.54, 1.807) is 0 Å². The highest BCUT2D eigenvalue weighted by molar-refractivity contribution is 5.31. The molecule has 1 heterocycles. The van der Waals surface area contributed by atoms with Gasteiger partial charge in [-0.05, 0) is 24.5 Å². The molecular weight excluding hydrogens is 150 g/mol.